The fourth-order valence-corrected chi connectivity index (χ4v) is 3.71. The molecule has 23 heavy (non-hydrogen) atoms. The van der Waals surface area contributed by atoms with E-state index in [1.165, 1.54) is 24.0 Å². The van der Waals surface area contributed by atoms with Gasteiger partial charge in [-0.3, -0.25) is 4.79 Å². The van der Waals surface area contributed by atoms with Gasteiger partial charge in [-0.1, -0.05) is 29.8 Å². The molecule has 1 atom stereocenters. The van der Waals surface area contributed by atoms with Crippen LogP contribution >= 0.6 is 0 Å². The third kappa shape index (κ3) is 4.14. The Morgan fingerprint density at radius 2 is 1.83 bits per heavy atom. The molecule has 1 heterocycles. The normalized spacial score (nSPS) is 20.3. The molecule has 3 rings (SSSR count). The van der Waals surface area contributed by atoms with Gasteiger partial charge in [0.25, 0.3) is 0 Å². The predicted octanol–water partition coefficient (Wildman–Crippen LogP) is 3.59. The molecule has 0 aromatic heterocycles. The van der Waals surface area contributed by atoms with Crippen LogP contribution in [0.25, 0.3) is 0 Å². The van der Waals surface area contributed by atoms with E-state index in [0.29, 0.717) is 17.9 Å². The molecule has 1 saturated carbocycles. The van der Waals surface area contributed by atoms with Crippen molar-refractivity contribution in [3.8, 4) is 0 Å². The van der Waals surface area contributed by atoms with Crippen LogP contribution in [0.3, 0.4) is 0 Å². The van der Waals surface area contributed by atoms with Gasteiger partial charge in [0, 0.05) is 31.7 Å². The number of aryl methyl sites for hydroxylation is 1. The van der Waals surface area contributed by atoms with Crippen molar-refractivity contribution in [2.24, 2.45) is 11.8 Å². The first-order valence-electron chi connectivity index (χ1n) is 9.12. The van der Waals surface area contributed by atoms with Gasteiger partial charge in [0.1, 0.15) is 0 Å². The lowest BCUT2D eigenvalue weighted by molar-refractivity contribution is -0.141. The Kier molecular flexibility index (Phi) is 5.37. The average Bonchev–Trinajstić information content (AvgIpc) is 3.42. The van der Waals surface area contributed by atoms with Crippen molar-refractivity contribution in [2.45, 2.75) is 52.0 Å². The van der Waals surface area contributed by atoms with Gasteiger partial charge in [0.05, 0.1) is 0 Å². The van der Waals surface area contributed by atoms with Gasteiger partial charge in [-0.05, 0) is 57.4 Å². The molecule has 0 radical (unpaired) electrons. The largest absolute Gasteiger partial charge is 0.381 e. The van der Waals surface area contributed by atoms with E-state index in [9.17, 15) is 4.79 Å². The molecule has 1 saturated heterocycles. The zero-order valence-corrected chi connectivity index (χ0v) is 14.5. The Morgan fingerprint density at radius 3 is 2.39 bits per heavy atom. The summed E-state index contributed by atoms with van der Waals surface area (Å²) in [7, 11) is 0. The van der Waals surface area contributed by atoms with E-state index >= 15 is 0 Å². The standard InChI is InChI=1S/C20H29NO2/c1-3-21(20(22)18-10-12-23-13-11-18)19(17-8-9-17)14-16-6-4-15(2)5-7-16/h4-7,17-19H,3,8-14H2,1-2H3/t19-/m1/s1. The van der Waals surface area contributed by atoms with Crippen LogP contribution in [0.1, 0.15) is 43.7 Å². The molecule has 1 aliphatic heterocycles. The van der Waals surface area contributed by atoms with E-state index in [1.807, 2.05) is 0 Å². The van der Waals surface area contributed by atoms with E-state index < -0.39 is 0 Å². The van der Waals surface area contributed by atoms with Crippen LogP contribution in [0.2, 0.25) is 0 Å². The SMILES string of the molecule is CCN(C(=O)C1CCOCC1)[C@H](Cc1ccc(C)cc1)C1CC1. The van der Waals surface area contributed by atoms with E-state index in [0.717, 1.165) is 39.0 Å². The number of carbonyl (C=O) groups is 1. The van der Waals surface area contributed by atoms with Crippen molar-refractivity contribution >= 4 is 5.91 Å². The van der Waals surface area contributed by atoms with Gasteiger partial charge in [0.2, 0.25) is 5.91 Å². The molecule has 0 unspecified atom stereocenters. The lowest BCUT2D eigenvalue weighted by Gasteiger charge is -2.35. The smallest absolute Gasteiger partial charge is 0.226 e. The van der Waals surface area contributed by atoms with Crippen LogP contribution < -0.4 is 0 Å². The van der Waals surface area contributed by atoms with Crippen molar-refractivity contribution in [3.63, 3.8) is 0 Å². The first-order valence-corrected chi connectivity index (χ1v) is 9.12. The van der Waals surface area contributed by atoms with Crippen molar-refractivity contribution in [3.05, 3.63) is 35.4 Å². The van der Waals surface area contributed by atoms with Gasteiger partial charge in [-0.25, -0.2) is 0 Å². The van der Waals surface area contributed by atoms with E-state index in [2.05, 4.69) is 43.0 Å². The van der Waals surface area contributed by atoms with E-state index in [-0.39, 0.29) is 5.92 Å². The molecule has 2 aliphatic rings. The lowest BCUT2D eigenvalue weighted by atomic mass is 9.94. The summed E-state index contributed by atoms with van der Waals surface area (Å²) in [5, 5.41) is 0. The number of rotatable bonds is 6. The molecule has 3 heteroatoms. The van der Waals surface area contributed by atoms with Crippen LogP contribution in [0, 0.1) is 18.8 Å². The van der Waals surface area contributed by atoms with Crippen molar-refractivity contribution < 1.29 is 9.53 Å². The maximum Gasteiger partial charge on any atom is 0.226 e. The second-order valence-electron chi connectivity index (χ2n) is 7.11. The number of amides is 1. The number of likely N-dealkylation sites (N-methyl/N-ethyl adjacent to an activating group) is 1. The van der Waals surface area contributed by atoms with Crippen molar-refractivity contribution in [2.75, 3.05) is 19.8 Å². The molecule has 1 amide bonds. The average molecular weight is 315 g/mol. The number of benzene rings is 1. The van der Waals surface area contributed by atoms with Crippen LogP contribution in [0.4, 0.5) is 0 Å². The summed E-state index contributed by atoms with van der Waals surface area (Å²) < 4.78 is 5.42. The summed E-state index contributed by atoms with van der Waals surface area (Å²) in [4.78, 5) is 15.2. The molecule has 0 spiro atoms. The third-order valence-corrected chi connectivity index (χ3v) is 5.33. The quantitative estimate of drug-likeness (QED) is 0.803. The lowest BCUT2D eigenvalue weighted by Crippen LogP contribution is -2.46. The highest BCUT2D eigenvalue weighted by Gasteiger charge is 2.38. The number of carbonyl (C=O) groups excluding carboxylic acids is 1. The Morgan fingerprint density at radius 1 is 1.17 bits per heavy atom. The third-order valence-electron chi connectivity index (χ3n) is 5.33. The second-order valence-corrected chi connectivity index (χ2v) is 7.11. The Bertz CT molecular complexity index is 515. The summed E-state index contributed by atoms with van der Waals surface area (Å²) in [6.45, 7) is 6.54. The monoisotopic (exact) mass is 315 g/mol. The number of hydrogen-bond acceptors (Lipinski definition) is 2. The first kappa shape index (κ1) is 16.5. The van der Waals surface area contributed by atoms with Crippen LogP contribution in [0.15, 0.2) is 24.3 Å². The maximum atomic E-state index is 13.0. The minimum absolute atomic E-state index is 0.169. The second kappa shape index (κ2) is 7.48. The molecule has 1 aromatic carbocycles. The van der Waals surface area contributed by atoms with Crippen LogP contribution in [-0.4, -0.2) is 36.6 Å². The Balaban J connectivity index is 1.72. The number of hydrogen-bond donors (Lipinski definition) is 0. The van der Waals surface area contributed by atoms with Gasteiger partial charge in [-0.15, -0.1) is 0 Å². The van der Waals surface area contributed by atoms with Gasteiger partial charge >= 0.3 is 0 Å². The van der Waals surface area contributed by atoms with Gasteiger partial charge < -0.3 is 9.64 Å². The summed E-state index contributed by atoms with van der Waals surface area (Å²) in [5.74, 6) is 1.22. The van der Waals surface area contributed by atoms with Crippen molar-refractivity contribution in [1.29, 1.82) is 0 Å². The summed E-state index contributed by atoms with van der Waals surface area (Å²) >= 11 is 0. The highest BCUT2D eigenvalue weighted by molar-refractivity contribution is 5.79. The summed E-state index contributed by atoms with van der Waals surface area (Å²) in [6.07, 6.45) is 5.31. The number of ether oxygens (including phenoxy) is 1. The molecule has 1 aromatic rings. The fraction of sp³-hybridized carbons (Fsp3) is 0.650. The summed E-state index contributed by atoms with van der Waals surface area (Å²) in [5.41, 5.74) is 2.65. The van der Waals surface area contributed by atoms with Crippen LogP contribution in [-0.2, 0) is 16.0 Å². The van der Waals surface area contributed by atoms with Crippen LogP contribution in [0.5, 0.6) is 0 Å². The molecular formula is C20H29NO2. The van der Waals surface area contributed by atoms with Gasteiger partial charge in [0.15, 0.2) is 0 Å². The predicted molar refractivity (Wildman–Crippen MR) is 92.3 cm³/mol. The molecule has 0 bridgehead atoms. The molecular weight excluding hydrogens is 286 g/mol. The summed E-state index contributed by atoms with van der Waals surface area (Å²) in [6, 6.07) is 9.17. The van der Waals surface area contributed by atoms with E-state index in [1.54, 1.807) is 0 Å². The molecule has 3 nitrogen and oxygen atoms in total. The minimum Gasteiger partial charge on any atom is -0.381 e. The molecule has 2 fully saturated rings. The van der Waals surface area contributed by atoms with Gasteiger partial charge in [-0.2, -0.15) is 0 Å². The zero-order chi connectivity index (χ0) is 16.2. The van der Waals surface area contributed by atoms with E-state index in [4.69, 9.17) is 4.74 Å². The fourth-order valence-electron chi connectivity index (χ4n) is 3.71. The topological polar surface area (TPSA) is 29.5 Å². The molecule has 0 N–H and O–H groups in total. The molecule has 1 aliphatic carbocycles. The van der Waals surface area contributed by atoms with Crippen molar-refractivity contribution in [1.82, 2.24) is 4.90 Å². The highest BCUT2D eigenvalue weighted by atomic mass is 16.5. The minimum atomic E-state index is 0.169. The Hall–Kier alpha value is -1.35. The first-order chi connectivity index (χ1) is 11.2. The molecule has 126 valence electrons. The highest BCUT2D eigenvalue weighted by Crippen LogP contribution is 2.38. The Labute approximate surface area is 140 Å². The zero-order valence-electron chi connectivity index (χ0n) is 14.5. The maximum absolute atomic E-state index is 13.0. The number of nitrogens with zero attached hydrogens (tertiary/aromatic N) is 1.